The molecule has 0 saturated heterocycles. The maximum atomic E-state index is 4.44. The summed E-state index contributed by atoms with van der Waals surface area (Å²) in [4.78, 5) is 6.69. The normalized spacial score (nSPS) is 10.3. The number of nitrogens with one attached hydrogen (secondary N) is 1. The van der Waals surface area contributed by atoms with Gasteiger partial charge in [-0.3, -0.25) is 0 Å². The van der Waals surface area contributed by atoms with Crippen LogP contribution in [0.2, 0.25) is 0 Å². The molecule has 3 heteroatoms. The lowest BCUT2D eigenvalue weighted by atomic mass is 10.2. The van der Waals surface area contributed by atoms with Crippen LogP contribution in [0.4, 0.5) is 11.5 Å². The molecule has 3 nitrogen and oxygen atoms in total. The van der Waals surface area contributed by atoms with Crippen molar-refractivity contribution >= 4 is 11.5 Å². The molecule has 20 heavy (non-hydrogen) atoms. The lowest BCUT2D eigenvalue weighted by Gasteiger charge is -2.21. The van der Waals surface area contributed by atoms with E-state index in [1.165, 1.54) is 16.8 Å². The topological polar surface area (TPSA) is 28.2 Å². The zero-order chi connectivity index (χ0) is 14.4. The Morgan fingerprint density at radius 1 is 1.20 bits per heavy atom. The van der Waals surface area contributed by atoms with Crippen LogP contribution in [0.5, 0.6) is 0 Å². The predicted octanol–water partition coefficient (Wildman–Crippen LogP) is 3.85. The van der Waals surface area contributed by atoms with Gasteiger partial charge in [-0.25, -0.2) is 4.98 Å². The van der Waals surface area contributed by atoms with Crippen LogP contribution in [0.3, 0.4) is 0 Å². The number of benzene rings is 1. The first-order valence-electron chi connectivity index (χ1n) is 7.16. The summed E-state index contributed by atoms with van der Waals surface area (Å²) in [5.41, 5.74) is 3.74. The summed E-state index contributed by atoms with van der Waals surface area (Å²) in [5, 5.41) is 3.39. The van der Waals surface area contributed by atoms with Gasteiger partial charge in [-0.1, -0.05) is 25.1 Å². The molecule has 2 aromatic rings. The van der Waals surface area contributed by atoms with Crippen LogP contribution in [0.15, 0.2) is 42.6 Å². The summed E-state index contributed by atoms with van der Waals surface area (Å²) in [5.74, 6) is 0.994. The molecule has 0 radical (unpaired) electrons. The van der Waals surface area contributed by atoms with Crippen molar-refractivity contribution in [2.24, 2.45) is 0 Å². The Hall–Kier alpha value is -2.03. The van der Waals surface area contributed by atoms with Crippen LogP contribution >= 0.6 is 0 Å². The number of rotatable bonds is 6. The van der Waals surface area contributed by atoms with Crippen molar-refractivity contribution in [1.29, 1.82) is 0 Å². The van der Waals surface area contributed by atoms with Crippen LogP contribution in [0.1, 0.15) is 24.5 Å². The lowest BCUT2D eigenvalue weighted by molar-refractivity contribution is 0.903. The van der Waals surface area contributed by atoms with Gasteiger partial charge in [-0.15, -0.1) is 0 Å². The first-order valence-corrected chi connectivity index (χ1v) is 7.16. The molecule has 1 heterocycles. The minimum absolute atomic E-state index is 0.851. The molecule has 2 rings (SSSR count). The average Bonchev–Trinajstić information content (AvgIpc) is 2.46. The summed E-state index contributed by atoms with van der Waals surface area (Å²) in [6, 6.07) is 12.7. The number of nitrogens with zero attached hydrogens (tertiary/aromatic N) is 2. The highest BCUT2D eigenvalue weighted by Crippen LogP contribution is 2.19. The Bertz CT molecular complexity index is 551. The third kappa shape index (κ3) is 3.73. The van der Waals surface area contributed by atoms with Crippen molar-refractivity contribution in [3.05, 3.63) is 53.7 Å². The highest BCUT2D eigenvalue weighted by molar-refractivity contribution is 5.51. The standard InChI is InChI=1S/C17H23N3/c1-4-10-18-17-15(8-6-11-19-17)13-20(3)16-9-5-7-14(2)12-16/h5-9,11-12H,4,10,13H2,1-3H3,(H,18,19). The first kappa shape index (κ1) is 14.4. The fourth-order valence-electron chi connectivity index (χ4n) is 2.18. The van der Waals surface area contributed by atoms with Crippen LogP contribution in [0.25, 0.3) is 0 Å². The Morgan fingerprint density at radius 3 is 2.80 bits per heavy atom. The minimum Gasteiger partial charge on any atom is -0.370 e. The molecule has 0 aliphatic rings. The van der Waals surface area contributed by atoms with E-state index < -0.39 is 0 Å². The Morgan fingerprint density at radius 2 is 2.05 bits per heavy atom. The van der Waals surface area contributed by atoms with E-state index in [-0.39, 0.29) is 0 Å². The molecular formula is C17H23N3. The Labute approximate surface area is 121 Å². The number of aryl methyl sites for hydroxylation is 1. The third-order valence-electron chi connectivity index (χ3n) is 3.28. The largest absolute Gasteiger partial charge is 0.370 e. The summed E-state index contributed by atoms with van der Waals surface area (Å²) in [6.45, 7) is 6.09. The quantitative estimate of drug-likeness (QED) is 0.863. The molecule has 0 atom stereocenters. The van der Waals surface area contributed by atoms with Crippen LogP contribution in [0, 0.1) is 6.92 Å². The maximum absolute atomic E-state index is 4.44. The monoisotopic (exact) mass is 269 g/mol. The second-order valence-corrected chi connectivity index (χ2v) is 5.13. The molecule has 0 unspecified atom stereocenters. The molecule has 1 aromatic heterocycles. The molecular weight excluding hydrogens is 246 g/mol. The second kappa shape index (κ2) is 6.94. The lowest BCUT2D eigenvalue weighted by Crippen LogP contribution is -2.18. The Kier molecular flexibility index (Phi) is 4.99. The second-order valence-electron chi connectivity index (χ2n) is 5.13. The SMILES string of the molecule is CCCNc1ncccc1CN(C)c1cccc(C)c1. The minimum atomic E-state index is 0.851. The Balaban J connectivity index is 2.13. The number of pyridine rings is 1. The van der Waals surface area contributed by atoms with E-state index in [9.17, 15) is 0 Å². The average molecular weight is 269 g/mol. The van der Waals surface area contributed by atoms with E-state index in [0.717, 1.165) is 25.3 Å². The number of hydrogen-bond acceptors (Lipinski definition) is 3. The highest BCUT2D eigenvalue weighted by atomic mass is 15.1. The van der Waals surface area contributed by atoms with E-state index >= 15 is 0 Å². The predicted molar refractivity (Wildman–Crippen MR) is 86.3 cm³/mol. The fourth-order valence-corrected chi connectivity index (χ4v) is 2.18. The molecule has 1 aromatic carbocycles. The molecule has 0 aliphatic carbocycles. The van der Waals surface area contributed by atoms with Gasteiger partial charge in [0.1, 0.15) is 5.82 Å². The summed E-state index contributed by atoms with van der Waals surface area (Å²) in [7, 11) is 2.12. The van der Waals surface area contributed by atoms with Gasteiger partial charge >= 0.3 is 0 Å². The summed E-state index contributed by atoms with van der Waals surface area (Å²) >= 11 is 0. The highest BCUT2D eigenvalue weighted by Gasteiger charge is 2.07. The summed E-state index contributed by atoms with van der Waals surface area (Å²) < 4.78 is 0. The zero-order valence-corrected chi connectivity index (χ0v) is 12.6. The molecule has 0 bridgehead atoms. The molecule has 0 spiro atoms. The van der Waals surface area contributed by atoms with E-state index in [4.69, 9.17) is 0 Å². The summed E-state index contributed by atoms with van der Waals surface area (Å²) in [6.07, 6.45) is 2.94. The molecule has 0 saturated carbocycles. The molecule has 0 aliphatic heterocycles. The van der Waals surface area contributed by atoms with Crippen molar-refractivity contribution in [3.63, 3.8) is 0 Å². The van der Waals surface area contributed by atoms with E-state index in [2.05, 4.69) is 66.4 Å². The first-order chi connectivity index (χ1) is 9.70. The van der Waals surface area contributed by atoms with Gasteiger partial charge < -0.3 is 10.2 Å². The smallest absolute Gasteiger partial charge is 0.130 e. The molecule has 106 valence electrons. The van der Waals surface area contributed by atoms with E-state index in [0.29, 0.717) is 0 Å². The van der Waals surface area contributed by atoms with Crippen molar-refractivity contribution < 1.29 is 0 Å². The van der Waals surface area contributed by atoms with Crippen LogP contribution in [-0.4, -0.2) is 18.6 Å². The fraction of sp³-hybridized carbons (Fsp3) is 0.353. The molecule has 1 N–H and O–H groups in total. The van der Waals surface area contributed by atoms with Gasteiger partial charge in [0.15, 0.2) is 0 Å². The van der Waals surface area contributed by atoms with Crippen LogP contribution < -0.4 is 10.2 Å². The molecule has 0 amide bonds. The van der Waals surface area contributed by atoms with Gasteiger partial charge in [-0.2, -0.15) is 0 Å². The van der Waals surface area contributed by atoms with E-state index in [1.54, 1.807) is 0 Å². The van der Waals surface area contributed by atoms with Gasteiger partial charge in [0.25, 0.3) is 0 Å². The number of hydrogen-bond donors (Lipinski definition) is 1. The van der Waals surface area contributed by atoms with Crippen molar-refractivity contribution in [2.45, 2.75) is 26.8 Å². The number of anilines is 2. The molecule has 0 fully saturated rings. The van der Waals surface area contributed by atoms with Gasteiger partial charge in [-0.05, 0) is 37.1 Å². The maximum Gasteiger partial charge on any atom is 0.130 e. The van der Waals surface area contributed by atoms with Gasteiger partial charge in [0, 0.05) is 37.6 Å². The van der Waals surface area contributed by atoms with Crippen molar-refractivity contribution in [3.8, 4) is 0 Å². The van der Waals surface area contributed by atoms with Crippen molar-refractivity contribution in [1.82, 2.24) is 4.98 Å². The van der Waals surface area contributed by atoms with Gasteiger partial charge in [0.05, 0.1) is 0 Å². The van der Waals surface area contributed by atoms with Gasteiger partial charge in [0.2, 0.25) is 0 Å². The van der Waals surface area contributed by atoms with Crippen molar-refractivity contribution in [2.75, 3.05) is 23.8 Å². The third-order valence-corrected chi connectivity index (χ3v) is 3.28. The number of aromatic nitrogens is 1. The van der Waals surface area contributed by atoms with E-state index in [1.807, 2.05) is 12.3 Å². The zero-order valence-electron chi connectivity index (χ0n) is 12.6. The van der Waals surface area contributed by atoms with Crippen LogP contribution in [-0.2, 0) is 6.54 Å².